The average Bonchev–Trinajstić information content (AvgIpc) is 3.01. The molecule has 0 amide bonds. The highest BCUT2D eigenvalue weighted by molar-refractivity contribution is 7.99. The van der Waals surface area contributed by atoms with Gasteiger partial charge in [-0.15, -0.1) is 23.1 Å². The van der Waals surface area contributed by atoms with E-state index in [9.17, 15) is 0 Å². The second kappa shape index (κ2) is 5.98. The summed E-state index contributed by atoms with van der Waals surface area (Å²) < 4.78 is 0.306. The Hall–Kier alpha value is -0.0600. The second-order valence-electron chi connectivity index (χ2n) is 7.69. The zero-order chi connectivity index (χ0) is 15.0. The number of nitrogens with one attached hydrogen (secondary N) is 1. The molecule has 2 rings (SSSR count). The van der Waals surface area contributed by atoms with Crippen LogP contribution in [-0.2, 0) is 17.7 Å². The fourth-order valence-electron chi connectivity index (χ4n) is 1.97. The maximum atomic E-state index is 4.94. The molecular formula is C16H28N2S2. The first kappa shape index (κ1) is 16.3. The van der Waals surface area contributed by atoms with Gasteiger partial charge in [0.15, 0.2) is 0 Å². The molecule has 0 saturated heterocycles. The van der Waals surface area contributed by atoms with Crippen LogP contribution in [0.5, 0.6) is 0 Å². The molecule has 0 radical (unpaired) electrons. The van der Waals surface area contributed by atoms with Gasteiger partial charge in [0, 0.05) is 33.4 Å². The summed E-state index contributed by atoms with van der Waals surface area (Å²) in [4.78, 5) is 6.38. The number of hydrogen-bond acceptors (Lipinski definition) is 4. The van der Waals surface area contributed by atoms with Gasteiger partial charge in [-0.1, -0.05) is 41.5 Å². The van der Waals surface area contributed by atoms with Gasteiger partial charge in [-0.3, -0.25) is 0 Å². The van der Waals surface area contributed by atoms with Crippen molar-refractivity contribution in [1.29, 1.82) is 0 Å². The number of thiazole rings is 1. The number of hydrogen-bond donors (Lipinski definition) is 1. The number of nitrogens with zero attached hydrogens (tertiary/aromatic N) is 1. The Labute approximate surface area is 132 Å². The van der Waals surface area contributed by atoms with Gasteiger partial charge in [-0.2, -0.15) is 0 Å². The highest BCUT2D eigenvalue weighted by Crippen LogP contribution is 2.34. The van der Waals surface area contributed by atoms with E-state index in [1.165, 1.54) is 28.4 Å². The third-order valence-corrected chi connectivity index (χ3v) is 5.73. The van der Waals surface area contributed by atoms with Gasteiger partial charge in [-0.05, 0) is 12.8 Å². The molecule has 1 fully saturated rings. The van der Waals surface area contributed by atoms with Gasteiger partial charge in [0.25, 0.3) is 0 Å². The molecule has 0 bridgehead atoms. The van der Waals surface area contributed by atoms with Crippen molar-refractivity contribution < 1.29 is 0 Å². The molecule has 1 aromatic rings. The van der Waals surface area contributed by atoms with Crippen LogP contribution >= 0.6 is 23.1 Å². The average molecular weight is 313 g/mol. The maximum absolute atomic E-state index is 4.94. The summed E-state index contributed by atoms with van der Waals surface area (Å²) in [6, 6.07) is 0.761. The van der Waals surface area contributed by atoms with Crippen molar-refractivity contribution in [3.8, 4) is 0 Å². The molecule has 1 heterocycles. The SMILES string of the molecule is CC(C)(C)SCc1nc(C(C)(C)C)c(CNC2CC2)s1. The summed E-state index contributed by atoms with van der Waals surface area (Å²) in [5.74, 6) is 1.03. The van der Waals surface area contributed by atoms with E-state index >= 15 is 0 Å². The highest BCUT2D eigenvalue weighted by atomic mass is 32.2. The fraction of sp³-hybridized carbons (Fsp3) is 0.812. The molecular weight excluding hydrogens is 284 g/mol. The van der Waals surface area contributed by atoms with Crippen molar-refractivity contribution in [2.75, 3.05) is 0 Å². The van der Waals surface area contributed by atoms with E-state index in [4.69, 9.17) is 4.98 Å². The van der Waals surface area contributed by atoms with E-state index in [0.717, 1.165) is 18.3 Å². The quantitative estimate of drug-likeness (QED) is 0.851. The van der Waals surface area contributed by atoms with E-state index in [2.05, 4.69) is 46.9 Å². The normalized spacial score (nSPS) is 16.7. The zero-order valence-electron chi connectivity index (χ0n) is 13.7. The third-order valence-electron chi connectivity index (χ3n) is 3.21. The van der Waals surface area contributed by atoms with Crippen LogP contribution in [-0.4, -0.2) is 15.8 Å². The molecule has 1 N–H and O–H groups in total. The van der Waals surface area contributed by atoms with Crippen LogP contribution in [0.4, 0.5) is 0 Å². The number of rotatable bonds is 5. The minimum absolute atomic E-state index is 0.141. The van der Waals surface area contributed by atoms with E-state index in [1.54, 1.807) is 0 Å². The zero-order valence-corrected chi connectivity index (χ0v) is 15.3. The van der Waals surface area contributed by atoms with Crippen LogP contribution in [0.3, 0.4) is 0 Å². The van der Waals surface area contributed by atoms with Gasteiger partial charge in [0.1, 0.15) is 5.01 Å². The molecule has 4 heteroatoms. The molecule has 0 atom stereocenters. The smallest absolute Gasteiger partial charge is 0.103 e. The van der Waals surface area contributed by atoms with Crippen molar-refractivity contribution in [1.82, 2.24) is 10.3 Å². The van der Waals surface area contributed by atoms with E-state index in [-0.39, 0.29) is 5.41 Å². The molecule has 1 aromatic heterocycles. The standard InChI is InChI=1S/C16H28N2S2/c1-15(2,3)14-12(9-17-11-7-8-11)20-13(18-14)10-19-16(4,5)6/h11,17H,7-10H2,1-6H3. The summed E-state index contributed by atoms with van der Waals surface area (Å²) in [6.45, 7) is 14.6. The topological polar surface area (TPSA) is 24.9 Å². The van der Waals surface area contributed by atoms with E-state index < -0.39 is 0 Å². The van der Waals surface area contributed by atoms with Gasteiger partial charge >= 0.3 is 0 Å². The molecule has 0 aromatic carbocycles. The largest absolute Gasteiger partial charge is 0.309 e. The predicted octanol–water partition coefficient (Wildman–Crippen LogP) is 4.72. The first-order chi connectivity index (χ1) is 9.15. The minimum Gasteiger partial charge on any atom is -0.309 e. The van der Waals surface area contributed by atoms with E-state index in [0.29, 0.717) is 4.75 Å². The molecule has 0 unspecified atom stereocenters. The summed E-state index contributed by atoms with van der Waals surface area (Å²) in [5, 5.41) is 4.91. The van der Waals surface area contributed by atoms with Crippen LogP contribution in [0.15, 0.2) is 0 Å². The van der Waals surface area contributed by atoms with Crippen LogP contribution in [0.2, 0.25) is 0 Å². The number of thioether (sulfide) groups is 1. The summed E-state index contributed by atoms with van der Waals surface area (Å²) in [7, 11) is 0. The van der Waals surface area contributed by atoms with Gasteiger partial charge in [-0.25, -0.2) is 4.98 Å². The lowest BCUT2D eigenvalue weighted by Gasteiger charge is -2.18. The molecule has 114 valence electrons. The lowest BCUT2D eigenvalue weighted by atomic mass is 9.91. The Morgan fingerprint density at radius 3 is 2.35 bits per heavy atom. The minimum atomic E-state index is 0.141. The predicted molar refractivity (Wildman–Crippen MR) is 91.7 cm³/mol. The van der Waals surface area contributed by atoms with Crippen molar-refractivity contribution in [3.05, 3.63) is 15.6 Å². The van der Waals surface area contributed by atoms with Crippen LogP contribution in [0, 0.1) is 0 Å². The maximum Gasteiger partial charge on any atom is 0.103 e. The lowest BCUT2D eigenvalue weighted by Crippen LogP contribution is -2.20. The Morgan fingerprint density at radius 2 is 1.85 bits per heavy atom. The Kier molecular flexibility index (Phi) is 4.87. The van der Waals surface area contributed by atoms with Crippen LogP contribution in [0.25, 0.3) is 0 Å². The number of aromatic nitrogens is 1. The third kappa shape index (κ3) is 5.05. The molecule has 20 heavy (non-hydrogen) atoms. The van der Waals surface area contributed by atoms with Crippen LogP contribution < -0.4 is 5.32 Å². The second-order valence-corrected chi connectivity index (χ2v) is 10.7. The van der Waals surface area contributed by atoms with Crippen LogP contribution in [0.1, 0.15) is 70.0 Å². The first-order valence-electron chi connectivity index (χ1n) is 7.51. The van der Waals surface area contributed by atoms with Gasteiger partial charge in [0.2, 0.25) is 0 Å². The summed E-state index contributed by atoms with van der Waals surface area (Å²) >= 11 is 3.89. The highest BCUT2D eigenvalue weighted by Gasteiger charge is 2.26. The Morgan fingerprint density at radius 1 is 1.20 bits per heavy atom. The summed E-state index contributed by atoms with van der Waals surface area (Å²) in [6.07, 6.45) is 2.69. The molecule has 0 aliphatic heterocycles. The first-order valence-corrected chi connectivity index (χ1v) is 9.32. The Bertz CT molecular complexity index is 448. The molecule has 0 spiro atoms. The monoisotopic (exact) mass is 312 g/mol. The lowest BCUT2D eigenvalue weighted by molar-refractivity contribution is 0.558. The van der Waals surface area contributed by atoms with E-state index in [1.807, 2.05) is 23.1 Å². The van der Waals surface area contributed by atoms with Crippen molar-refractivity contribution in [2.45, 2.75) is 82.9 Å². The van der Waals surface area contributed by atoms with Crippen molar-refractivity contribution >= 4 is 23.1 Å². The van der Waals surface area contributed by atoms with Crippen molar-refractivity contribution in [2.24, 2.45) is 0 Å². The Balaban J connectivity index is 2.08. The fourth-order valence-corrected chi connectivity index (χ4v) is 4.03. The van der Waals surface area contributed by atoms with Gasteiger partial charge in [0.05, 0.1) is 5.69 Å². The summed E-state index contributed by atoms with van der Waals surface area (Å²) in [5.41, 5.74) is 1.43. The van der Waals surface area contributed by atoms with Gasteiger partial charge < -0.3 is 5.32 Å². The molecule has 1 saturated carbocycles. The molecule has 2 nitrogen and oxygen atoms in total. The van der Waals surface area contributed by atoms with Crippen molar-refractivity contribution in [3.63, 3.8) is 0 Å². The molecule has 1 aliphatic carbocycles. The molecule has 1 aliphatic rings.